The molecule has 0 aliphatic carbocycles. The maximum atomic E-state index is 4.45. The third-order valence-corrected chi connectivity index (χ3v) is 3.53. The van der Waals surface area contributed by atoms with Crippen molar-refractivity contribution in [1.29, 1.82) is 0 Å². The molecule has 3 rings (SSSR count). The molecule has 1 fully saturated rings. The quantitative estimate of drug-likeness (QED) is 0.750. The van der Waals surface area contributed by atoms with Gasteiger partial charge in [0.25, 0.3) is 5.78 Å². The van der Waals surface area contributed by atoms with Gasteiger partial charge in [0.05, 0.1) is 0 Å². The van der Waals surface area contributed by atoms with E-state index in [0.717, 1.165) is 18.8 Å². The van der Waals surface area contributed by atoms with Crippen LogP contribution in [0.5, 0.6) is 0 Å². The second-order valence-electron chi connectivity index (χ2n) is 4.67. The van der Waals surface area contributed by atoms with Crippen LogP contribution in [0, 0.1) is 13.8 Å². The molecule has 0 saturated carbocycles. The molecule has 0 amide bonds. The van der Waals surface area contributed by atoms with Crippen molar-refractivity contribution in [1.82, 2.24) is 19.6 Å². The summed E-state index contributed by atoms with van der Waals surface area (Å²) in [6, 6.07) is 0. The Kier molecular flexibility index (Phi) is 2.46. The predicted octanol–water partition coefficient (Wildman–Crippen LogP) is 1.73. The fraction of sp³-hybridized carbons (Fsp3) is 0.583. The maximum absolute atomic E-state index is 4.45. The highest BCUT2D eigenvalue weighted by Gasteiger charge is 2.19. The Morgan fingerprint density at radius 3 is 2.65 bits per heavy atom. The molecular formula is C12H17N5. The normalized spacial score (nSPS) is 16.7. The van der Waals surface area contributed by atoms with E-state index in [0.29, 0.717) is 5.78 Å². The number of rotatable bonds is 1. The second-order valence-corrected chi connectivity index (χ2v) is 4.67. The molecule has 0 bridgehead atoms. The molecule has 0 unspecified atom stereocenters. The van der Waals surface area contributed by atoms with Crippen molar-refractivity contribution in [3.05, 3.63) is 17.6 Å². The summed E-state index contributed by atoms with van der Waals surface area (Å²) in [5, 5.41) is 4.30. The third-order valence-electron chi connectivity index (χ3n) is 3.53. The average molecular weight is 231 g/mol. The van der Waals surface area contributed by atoms with Gasteiger partial charge in [-0.1, -0.05) is 0 Å². The minimum atomic E-state index is 0.702. The molecule has 0 atom stereocenters. The molecular weight excluding hydrogens is 214 g/mol. The summed E-state index contributed by atoms with van der Waals surface area (Å²) in [5.74, 6) is 1.87. The first kappa shape index (κ1) is 10.5. The SMILES string of the molecule is Cc1nc2ncnn2c(N2CCCCC2)c1C. The summed E-state index contributed by atoms with van der Waals surface area (Å²) in [6.45, 7) is 6.38. The molecule has 90 valence electrons. The zero-order valence-corrected chi connectivity index (χ0v) is 10.3. The van der Waals surface area contributed by atoms with E-state index in [1.165, 1.54) is 30.6 Å². The predicted molar refractivity (Wildman–Crippen MR) is 66.3 cm³/mol. The summed E-state index contributed by atoms with van der Waals surface area (Å²) < 4.78 is 1.87. The molecule has 1 saturated heterocycles. The first-order chi connectivity index (χ1) is 8.27. The Hall–Kier alpha value is -1.65. The minimum absolute atomic E-state index is 0.702. The Morgan fingerprint density at radius 2 is 1.88 bits per heavy atom. The number of hydrogen-bond donors (Lipinski definition) is 0. The number of piperidine rings is 1. The summed E-state index contributed by atoms with van der Waals surface area (Å²) in [6.07, 6.45) is 5.43. The first-order valence-corrected chi connectivity index (χ1v) is 6.19. The number of hydrogen-bond acceptors (Lipinski definition) is 4. The third kappa shape index (κ3) is 1.66. The second kappa shape index (κ2) is 3.98. The molecule has 5 nitrogen and oxygen atoms in total. The molecule has 0 radical (unpaired) electrons. The van der Waals surface area contributed by atoms with Crippen LogP contribution in [-0.2, 0) is 0 Å². The molecule has 1 aliphatic rings. The van der Waals surface area contributed by atoms with Crippen LogP contribution in [0.25, 0.3) is 5.78 Å². The standard InChI is InChI=1S/C12H17N5/c1-9-10(2)15-12-13-8-14-17(12)11(9)16-6-4-3-5-7-16/h8H,3-7H2,1-2H3. The molecule has 3 heterocycles. The minimum Gasteiger partial charge on any atom is -0.356 e. The van der Waals surface area contributed by atoms with Gasteiger partial charge >= 0.3 is 0 Å². The Bertz CT molecular complexity index is 539. The van der Waals surface area contributed by atoms with Gasteiger partial charge in [0.15, 0.2) is 0 Å². The van der Waals surface area contributed by atoms with Crippen LogP contribution in [0.2, 0.25) is 0 Å². The number of fused-ring (bicyclic) bond motifs is 1. The smallest absolute Gasteiger partial charge is 0.254 e. The van der Waals surface area contributed by atoms with E-state index in [2.05, 4.69) is 26.9 Å². The Balaban J connectivity index is 2.18. The number of aromatic nitrogens is 4. The van der Waals surface area contributed by atoms with Crippen molar-refractivity contribution in [3.8, 4) is 0 Å². The van der Waals surface area contributed by atoms with Gasteiger partial charge in [-0.15, -0.1) is 0 Å². The summed E-state index contributed by atoms with van der Waals surface area (Å²) >= 11 is 0. The molecule has 17 heavy (non-hydrogen) atoms. The molecule has 0 spiro atoms. The van der Waals surface area contributed by atoms with Gasteiger partial charge in [-0.05, 0) is 33.1 Å². The monoisotopic (exact) mass is 231 g/mol. The van der Waals surface area contributed by atoms with E-state index in [4.69, 9.17) is 0 Å². The van der Waals surface area contributed by atoms with Gasteiger partial charge in [0.1, 0.15) is 12.1 Å². The van der Waals surface area contributed by atoms with Gasteiger partial charge in [0, 0.05) is 24.3 Å². The largest absolute Gasteiger partial charge is 0.356 e. The van der Waals surface area contributed by atoms with Gasteiger partial charge in [-0.3, -0.25) is 0 Å². The molecule has 5 heteroatoms. The van der Waals surface area contributed by atoms with Gasteiger partial charge in [-0.25, -0.2) is 4.98 Å². The molecule has 2 aromatic rings. The maximum Gasteiger partial charge on any atom is 0.254 e. The molecule has 2 aromatic heterocycles. The van der Waals surface area contributed by atoms with E-state index in [1.54, 1.807) is 6.33 Å². The summed E-state index contributed by atoms with van der Waals surface area (Å²) in [4.78, 5) is 11.1. The fourth-order valence-electron chi connectivity index (χ4n) is 2.49. The highest BCUT2D eigenvalue weighted by Crippen LogP contribution is 2.25. The van der Waals surface area contributed by atoms with E-state index in [1.807, 2.05) is 11.4 Å². The van der Waals surface area contributed by atoms with Crippen LogP contribution < -0.4 is 4.90 Å². The Labute approximate surface area is 100 Å². The number of nitrogens with zero attached hydrogens (tertiary/aromatic N) is 5. The summed E-state index contributed by atoms with van der Waals surface area (Å²) in [7, 11) is 0. The van der Waals surface area contributed by atoms with E-state index < -0.39 is 0 Å². The molecule has 1 aliphatic heterocycles. The lowest BCUT2D eigenvalue weighted by molar-refractivity contribution is 0.566. The van der Waals surface area contributed by atoms with Crippen LogP contribution in [0.3, 0.4) is 0 Å². The van der Waals surface area contributed by atoms with Crippen LogP contribution >= 0.6 is 0 Å². The lowest BCUT2D eigenvalue weighted by atomic mass is 10.1. The zero-order valence-electron chi connectivity index (χ0n) is 10.3. The van der Waals surface area contributed by atoms with E-state index in [9.17, 15) is 0 Å². The van der Waals surface area contributed by atoms with Crippen LogP contribution in [0.1, 0.15) is 30.5 Å². The topological polar surface area (TPSA) is 46.3 Å². The lowest BCUT2D eigenvalue weighted by Crippen LogP contribution is -2.32. The Morgan fingerprint density at radius 1 is 1.12 bits per heavy atom. The lowest BCUT2D eigenvalue weighted by Gasteiger charge is -2.30. The van der Waals surface area contributed by atoms with Crippen molar-refractivity contribution >= 4 is 11.6 Å². The van der Waals surface area contributed by atoms with Crippen molar-refractivity contribution in [3.63, 3.8) is 0 Å². The van der Waals surface area contributed by atoms with Crippen LogP contribution in [0.15, 0.2) is 6.33 Å². The van der Waals surface area contributed by atoms with Gasteiger partial charge in [0.2, 0.25) is 0 Å². The van der Waals surface area contributed by atoms with Crippen molar-refractivity contribution < 1.29 is 0 Å². The van der Waals surface area contributed by atoms with Crippen molar-refractivity contribution in [2.24, 2.45) is 0 Å². The number of aryl methyl sites for hydroxylation is 1. The van der Waals surface area contributed by atoms with Gasteiger partial charge in [-0.2, -0.15) is 14.6 Å². The fourth-order valence-corrected chi connectivity index (χ4v) is 2.49. The van der Waals surface area contributed by atoms with Crippen LogP contribution in [0.4, 0.5) is 5.82 Å². The number of anilines is 1. The van der Waals surface area contributed by atoms with E-state index >= 15 is 0 Å². The van der Waals surface area contributed by atoms with Crippen molar-refractivity contribution in [2.75, 3.05) is 18.0 Å². The zero-order chi connectivity index (χ0) is 11.8. The first-order valence-electron chi connectivity index (χ1n) is 6.19. The highest BCUT2D eigenvalue weighted by atomic mass is 15.4. The van der Waals surface area contributed by atoms with Crippen molar-refractivity contribution in [2.45, 2.75) is 33.1 Å². The van der Waals surface area contributed by atoms with Gasteiger partial charge < -0.3 is 4.90 Å². The molecule has 0 aromatic carbocycles. The highest BCUT2D eigenvalue weighted by molar-refractivity contribution is 5.54. The average Bonchev–Trinajstić information content (AvgIpc) is 2.79. The summed E-state index contributed by atoms with van der Waals surface area (Å²) in [5.41, 5.74) is 2.26. The van der Waals surface area contributed by atoms with E-state index in [-0.39, 0.29) is 0 Å². The van der Waals surface area contributed by atoms with Crippen LogP contribution in [-0.4, -0.2) is 32.7 Å². The molecule has 0 N–H and O–H groups in total.